The Kier molecular flexibility index (Phi) is 2.04. The molecule has 0 unspecified atom stereocenters. The van der Waals surface area contributed by atoms with Gasteiger partial charge in [-0.2, -0.15) is 0 Å². The smallest absolute Gasteiger partial charge is 0.0949 e. The molecule has 4 nitrogen and oxygen atoms in total. The number of oxime groups is 1. The largest absolute Gasteiger partial charge is 0.411 e. The molecule has 54 valence electrons. The fourth-order valence-corrected chi connectivity index (χ4v) is 0.676. The molecule has 0 bridgehead atoms. The Morgan fingerprint density at radius 3 is 3.10 bits per heavy atom. The van der Waals surface area contributed by atoms with Crippen LogP contribution in [0.1, 0.15) is 6.92 Å². The van der Waals surface area contributed by atoms with Gasteiger partial charge in [-0.05, 0) is 6.92 Å². The average Bonchev–Trinajstić information content (AvgIpc) is 2.40. The summed E-state index contributed by atoms with van der Waals surface area (Å²) in [5.41, 5.74) is 0.665. The number of hydrogen-bond acceptors (Lipinski definition) is 3. The van der Waals surface area contributed by atoms with E-state index < -0.39 is 0 Å². The van der Waals surface area contributed by atoms with Crippen LogP contribution in [0.3, 0.4) is 0 Å². The van der Waals surface area contributed by atoms with E-state index in [1.807, 2.05) is 10.8 Å². The molecule has 4 heteroatoms. The van der Waals surface area contributed by atoms with E-state index in [-0.39, 0.29) is 0 Å². The lowest BCUT2D eigenvalue weighted by molar-refractivity contribution is 0.316. The lowest BCUT2D eigenvalue weighted by atomic mass is 10.4. The maximum Gasteiger partial charge on any atom is 0.0949 e. The van der Waals surface area contributed by atoms with Crippen LogP contribution in [0.15, 0.2) is 23.9 Å². The van der Waals surface area contributed by atoms with Crippen LogP contribution in [0.25, 0.3) is 0 Å². The lowest BCUT2D eigenvalue weighted by Crippen LogP contribution is -2.03. The third-order valence-corrected chi connectivity index (χ3v) is 1.14. The van der Waals surface area contributed by atoms with Gasteiger partial charge in [0.25, 0.3) is 0 Å². The van der Waals surface area contributed by atoms with E-state index in [1.54, 1.807) is 19.4 Å². The molecule has 1 rings (SSSR count). The minimum Gasteiger partial charge on any atom is -0.411 e. The molecule has 1 aromatic heterocycles. The summed E-state index contributed by atoms with van der Waals surface area (Å²) in [5, 5.41) is 11.3. The predicted molar refractivity (Wildman–Crippen MR) is 37.1 cm³/mol. The molecule has 0 aromatic carbocycles. The van der Waals surface area contributed by atoms with Crippen molar-refractivity contribution in [2.75, 3.05) is 0 Å². The lowest BCUT2D eigenvalue weighted by Gasteiger charge is -1.96. The van der Waals surface area contributed by atoms with E-state index in [0.29, 0.717) is 12.3 Å². The Morgan fingerprint density at radius 1 is 1.80 bits per heavy atom. The van der Waals surface area contributed by atoms with Gasteiger partial charge >= 0.3 is 0 Å². The van der Waals surface area contributed by atoms with Crippen LogP contribution >= 0.6 is 0 Å². The maximum atomic E-state index is 8.29. The van der Waals surface area contributed by atoms with Crippen molar-refractivity contribution >= 4 is 5.71 Å². The minimum absolute atomic E-state index is 0.594. The van der Waals surface area contributed by atoms with Gasteiger partial charge in [0.05, 0.1) is 18.6 Å². The molecule has 1 N–H and O–H groups in total. The maximum absolute atomic E-state index is 8.29. The van der Waals surface area contributed by atoms with Crippen LogP contribution in [0.5, 0.6) is 0 Å². The third kappa shape index (κ3) is 1.58. The number of rotatable bonds is 2. The van der Waals surface area contributed by atoms with Crippen molar-refractivity contribution in [2.45, 2.75) is 13.5 Å². The van der Waals surface area contributed by atoms with Crippen molar-refractivity contribution in [3.05, 3.63) is 18.7 Å². The van der Waals surface area contributed by atoms with Gasteiger partial charge in [0.15, 0.2) is 0 Å². The monoisotopic (exact) mass is 139 g/mol. The van der Waals surface area contributed by atoms with Crippen LogP contribution in [0.2, 0.25) is 0 Å². The van der Waals surface area contributed by atoms with Crippen LogP contribution in [0.4, 0.5) is 0 Å². The Labute approximate surface area is 58.8 Å². The zero-order valence-corrected chi connectivity index (χ0v) is 5.73. The normalized spacial score (nSPS) is 11.9. The SMILES string of the molecule is CC(Cn1ccnc1)=NO. The Bertz CT molecular complexity index is 215. The number of nitrogens with zero attached hydrogens (tertiary/aromatic N) is 3. The molecular weight excluding hydrogens is 130 g/mol. The van der Waals surface area contributed by atoms with Gasteiger partial charge in [-0.3, -0.25) is 0 Å². The fraction of sp³-hybridized carbons (Fsp3) is 0.333. The first-order valence-corrected chi connectivity index (χ1v) is 2.96. The van der Waals surface area contributed by atoms with Gasteiger partial charge in [-0.15, -0.1) is 0 Å². The first kappa shape index (κ1) is 6.80. The molecule has 0 aliphatic rings. The van der Waals surface area contributed by atoms with Crippen molar-refractivity contribution in [2.24, 2.45) is 5.16 Å². The van der Waals surface area contributed by atoms with Crippen LogP contribution in [-0.2, 0) is 6.54 Å². The highest BCUT2D eigenvalue weighted by Crippen LogP contribution is 1.87. The van der Waals surface area contributed by atoms with Crippen molar-refractivity contribution in [3.8, 4) is 0 Å². The molecule has 0 saturated heterocycles. The van der Waals surface area contributed by atoms with Gasteiger partial charge in [0, 0.05) is 12.4 Å². The summed E-state index contributed by atoms with van der Waals surface area (Å²) in [4.78, 5) is 3.84. The molecule has 10 heavy (non-hydrogen) atoms. The summed E-state index contributed by atoms with van der Waals surface area (Å²) in [6.07, 6.45) is 5.17. The number of imidazole rings is 1. The van der Waals surface area contributed by atoms with E-state index in [4.69, 9.17) is 5.21 Å². The van der Waals surface area contributed by atoms with Gasteiger partial charge in [-0.1, -0.05) is 5.16 Å². The molecule has 0 aliphatic carbocycles. The first-order chi connectivity index (χ1) is 4.83. The number of aromatic nitrogens is 2. The van der Waals surface area contributed by atoms with E-state index in [2.05, 4.69) is 10.1 Å². The highest BCUT2D eigenvalue weighted by molar-refractivity contribution is 5.80. The summed E-state index contributed by atoms with van der Waals surface area (Å²) in [6.45, 7) is 2.34. The van der Waals surface area contributed by atoms with Crippen molar-refractivity contribution in [3.63, 3.8) is 0 Å². The summed E-state index contributed by atoms with van der Waals surface area (Å²) in [6, 6.07) is 0. The van der Waals surface area contributed by atoms with Gasteiger partial charge in [0.2, 0.25) is 0 Å². The Hall–Kier alpha value is -1.32. The van der Waals surface area contributed by atoms with Crippen LogP contribution in [-0.4, -0.2) is 20.5 Å². The topological polar surface area (TPSA) is 50.4 Å². The molecule has 0 radical (unpaired) electrons. The van der Waals surface area contributed by atoms with E-state index in [9.17, 15) is 0 Å². The zero-order chi connectivity index (χ0) is 7.40. The average molecular weight is 139 g/mol. The Balaban J connectivity index is 2.56. The molecule has 0 aliphatic heterocycles. The van der Waals surface area contributed by atoms with Gasteiger partial charge < -0.3 is 9.77 Å². The highest BCUT2D eigenvalue weighted by atomic mass is 16.4. The first-order valence-electron chi connectivity index (χ1n) is 2.96. The summed E-state index contributed by atoms with van der Waals surface area (Å²) in [7, 11) is 0. The molecule has 0 atom stereocenters. The molecule has 0 saturated carbocycles. The van der Waals surface area contributed by atoms with Crippen LogP contribution in [0, 0.1) is 0 Å². The fourth-order valence-electron chi connectivity index (χ4n) is 0.676. The van der Waals surface area contributed by atoms with Crippen molar-refractivity contribution in [1.82, 2.24) is 9.55 Å². The minimum atomic E-state index is 0.594. The standard InChI is InChI=1S/C6H9N3O/c1-6(8-10)4-9-3-2-7-5-9/h2-3,5,10H,4H2,1H3. The van der Waals surface area contributed by atoms with Gasteiger partial charge in [0.1, 0.15) is 0 Å². The van der Waals surface area contributed by atoms with E-state index >= 15 is 0 Å². The second-order valence-electron chi connectivity index (χ2n) is 2.07. The molecule has 0 amide bonds. The van der Waals surface area contributed by atoms with Crippen LogP contribution < -0.4 is 0 Å². The zero-order valence-electron chi connectivity index (χ0n) is 5.73. The quantitative estimate of drug-likeness (QED) is 0.373. The predicted octanol–water partition coefficient (Wildman–Crippen LogP) is 0.733. The highest BCUT2D eigenvalue weighted by Gasteiger charge is 1.91. The van der Waals surface area contributed by atoms with E-state index in [0.717, 1.165) is 0 Å². The second-order valence-corrected chi connectivity index (χ2v) is 2.07. The third-order valence-electron chi connectivity index (χ3n) is 1.14. The molecule has 0 spiro atoms. The molecule has 1 aromatic rings. The van der Waals surface area contributed by atoms with Gasteiger partial charge in [-0.25, -0.2) is 4.98 Å². The molecular formula is C6H9N3O. The Morgan fingerprint density at radius 2 is 2.60 bits per heavy atom. The molecule has 0 fully saturated rings. The number of hydrogen-bond donors (Lipinski definition) is 1. The summed E-state index contributed by atoms with van der Waals surface area (Å²) < 4.78 is 1.83. The van der Waals surface area contributed by atoms with Crippen molar-refractivity contribution < 1.29 is 5.21 Å². The molecule has 1 heterocycles. The van der Waals surface area contributed by atoms with E-state index in [1.165, 1.54) is 0 Å². The second kappa shape index (κ2) is 3.00. The van der Waals surface area contributed by atoms with Crippen molar-refractivity contribution in [1.29, 1.82) is 0 Å². The summed E-state index contributed by atoms with van der Waals surface area (Å²) in [5.74, 6) is 0. The summed E-state index contributed by atoms with van der Waals surface area (Å²) >= 11 is 0.